The zero-order valence-electron chi connectivity index (χ0n) is 14.3. The summed E-state index contributed by atoms with van der Waals surface area (Å²) in [6.07, 6.45) is 0. The van der Waals surface area contributed by atoms with E-state index in [1.165, 1.54) is 0 Å². The Bertz CT molecular complexity index is 898. The van der Waals surface area contributed by atoms with E-state index in [0.717, 1.165) is 28.4 Å². The highest BCUT2D eigenvalue weighted by Crippen LogP contribution is 2.29. The summed E-state index contributed by atoms with van der Waals surface area (Å²) in [5.41, 5.74) is 3.57. The van der Waals surface area contributed by atoms with Crippen molar-refractivity contribution in [2.45, 2.75) is 13.8 Å². The molecule has 0 bridgehead atoms. The van der Waals surface area contributed by atoms with Crippen molar-refractivity contribution in [3.8, 4) is 5.75 Å². The number of anilines is 4. The molecule has 3 aromatic rings. The number of para-hydroxylation sites is 1. The van der Waals surface area contributed by atoms with Gasteiger partial charge in [-0.1, -0.05) is 29.8 Å². The minimum Gasteiger partial charge on any atom is -0.495 e. The zero-order valence-corrected chi connectivity index (χ0v) is 15.1. The number of aryl methyl sites for hydroxylation is 2. The van der Waals surface area contributed by atoms with Crippen molar-refractivity contribution in [1.82, 2.24) is 9.97 Å². The number of nitrogens with one attached hydrogen (secondary N) is 2. The fraction of sp³-hybridized carbons (Fsp3) is 0.158. The van der Waals surface area contributed by atoms with E-state index in [1.54, 1.807) is 7.11 Å². The van der Waals surface area contributed by atoms with Crippen LogP contribution in [-0.4, -0.2) is 17.1 Å². The van der Waals surface area contributed by atoms with Crippen molar-refractivity contribution in [3.63, 3.8) is 0 Å². The number of hydrogen-bond acceptors (Lipinski definition) is 5. The van der Waals surface area contributed by atoms with Crippen LogP contribution in [0, 0.1) is 13.8 Å². The molecule has 6 heteroatoms. The van der Waals surface area contributed by atoms with Gasteiger partial charge in [0.25, 0.3) is 0 Å². The molecule has 0 amide bonds. The Morgan fingerprint density at radius 3 is 2.48 bits per heavy atom. The van der Waals surface area contributed by atoms with E-state index in [4.69, 9.17) is 16.3 Å². The van der Waals surface area contributed by atoms with Crippen LogP contribution in [-0.2, 0) is 0 Å². The molecule has 128 valence electrons. The first-order valence-corrected chi connectivity index (χ1v) is 8.22. The fourth-order valence-electron chi connectivity index (χ4n) is 2.43. The summed E-state index contributed by atoms with van der Waals surface area (Å²) in [6.45, 7) is 3.94. The number of ether oxygens (including phenoxy) is 1. The van der Waals surface area contributed by atoms with Crippen LogP contribution in [0.1, 0.15) is 11.3 Å². The first-order valence-electron chi connectivity index (χ1n) is 7.84. The average Bonchev–Trinajstić information content (AvgIpc) is 2.57. The second kappa shape index (κ2) is 7.40. The Balaban J connectivity index is 1.90. The molecule has 0 aliphatic heterocycles. The molecule has 25 heavy (non-hydrogen) atoms. The molecule has 0 aliphatic carbocycles. The molecule has 0 unspecified atom stereocenters. The van der Waals surface area contributed by atoms with Crippen LogP contribution in [0.2, 0.25) is 5.02 Å². The number of methoxy groups -OCH3 is 1. The minimum absolute atomic E-state index is 0.474. The molecule has 0 fully saturated rings. The Kier molecular flexibility index (Phi) is 5.05. The Labute approximate surface area is 152 Å². The summed E-state index contributed by atoms with van der Waals surface area (Å²) in [4.78, 5) is 8.94. The monoisotopic (exact) mass is 354 g/mol. The van der Waals surface area contributed by atoms with E-state index in [9.17, 15) is 0 Å². The van der Waals surface area contributed by atoms with Crippen molar-refractivity contribution in [2.24, 2.45) is 0 Å². The topological polar surface area (TPSA) is 59.1 Å². The van der Waals surface area contributed by atoms with Crippen molar-refractivity contribution >= 4 is 34.7 Å². The van der Waals surface area contributed by atoms with Gasteiger partial charge in [0.15, 0.2) is 0 Å². The van der Waals surface area contributed by atoms with Crippen LogP contribution < -0.4 is 15.4 Å². The third-order valence-corrected chi connectivity index (χ3v) is 3.92. The SMILES string of the molecule is COc1ccc(C)cc1Nc1cc(C)nc(Nc2ccccc2Cl)n1. The number of aromatic nitrogens is 2. The van der Waals surface area contributed by atoms with Crippen molar-refractivity contribution in [2.75, 3.05) is 17.7 Å². The molecule has 0 spiro atoms. The van der Waals surface area contributed by atoms with Crippen molar-refractivity contribution in [1.29, 1.82) is 0 Å². The van der Waals surface area contributed by atoms with E-state index in [-0.39, 0.29) is 0 Å². The average molecular weight is 355 g/mol. The van der Waals surface area contributed by atoms with Gasteiger partial charge in [0, 0.05) is 11.8 Å². The smallest absolute Gasteiger partial charge is 0.229 e. The molecule has 0 saturated carbocycles. The van der Waals surface area contributed by atoms with E-state index < -0.39 is 0 Å². The second-order valence-electron chi connectivity index (χ2n) is 5.65. The second-order valence-corrected chi connectivity index (χ2v) is 6.06. The summed E-state index contributed by atoms with van der Waals surface area (Å²) in [6, 6.07) is 15.3. The summed E-state index contributed by atoms with van der Waals surface area (Å²) in [5.74, 6) is 1.90. The molecule has 0 atom stereocenters. The first-order chi connectivity index (χ1) is 12.0. The van der Waals surface area contributed by atoms with Gasteiger partial charge in [0.05, 0.1) is 23.5 Å². The molecule has 0 saturated heterocycles. The lowest BCUT2D eigenvalue weighted by Crippen LogP contribution is -2.03. The van der Waals surface area contributed by atoms with E-state index in [1.807, 2.05) is 62.4 Å². The molecule has 1 heterocycles. The maximum Gasteiger partial charge on any atom is 0.229 e. The third kappa shape index (κ3) is 4.19. The van der Waals surface area contributed by atoms with Crippen molar-refractivity contribution < 1.29 is 4.74 Å². The summed E-state index contributed by atoms with van der Waals surface area (Å²) < 4.78 is 5.41. The van der Waals surface area contributed by atoms with E-state index in [2.05, 4.69) is 20.6 Å². The van der Waals surface area contributed by atoms with Gasteiger partial charge < -0.3 is 15.4 Å². The fourth-order valence-corrected chi connectivity index (χ4v) is 2.61. The molecule has 0 aliphatic rings. The number of halogens is 1. The summed E-state index contributed by atoms with van der Waals surface area (Å²) >= 11 is 6.19. The molecule has 3 rings (SSSR count). The molecular weight excluding hydrogens is 336 g/mol. The van der Waals surface area contributed by atoms with Gasteiger partial charge in [-0.05, 0) is 43.7 Å². The van der Waals surface area contributed by atoms with Gasteiger partial charge in [-0.25, -0.2) is 4.98 Å². The molecule has 1 aromatic heterocycles. The Morgan fingerprint density at radius 2 is 1.72 bits per heavy atom. The van der Waals surface area contributed by atoms with Crippen LogP contribution in [0.15, 0.2) is 48.5 Å². The summed E-state index contributed by atoms with van der Waals surface area (Å²) in [7, 11) is 1.64. The maximum absolute atomic E-state index is 6.19. The molecule has 2 N–H and O–H groups in total. The van der Waals surface area contributed by atoms with Gasteiger partial charge >= 0.3 is 0 Å². The quantitative estimate of drug-likeness (QED) is 0.656. The van der Waals surface area contributed by atoms with E-state index >= 15 is 0 Å². The van der Waals surface area contributed by atoms with Gasteiger partial charge in [-0.2, -0.15) is 4.98 Å². The molecular formula is C19H19ClN4O. The Hall–Kier alpha value is -2.79. The van der Waals surface area contributed by atoms with Crippen LogP contribution >= 0.6 is 11.6 Å². The largest absolute Gasteiger partial charge is 0.495 e. The lowest BCUT2D eigenvalue weighted by atomic mass is 10.2. The zero-order chi connectivity index (χ0) is 17.8. The molecule has 5 nitrogen and oxygen atoms in total. The van der Waals surface area contributed by atoms with Gasteiger partial charge in [0.1, 0.15) is 11.6 Å². The van der Waals surface area contributed by atoms with Gasteiger partial charge in [0.2, 0.25) is 5.95 Å². The van der Waals surface area contributed by atoms with E-state index in [0.29, 0.717) is 16.8 Å². The first kappa shape index (κ1) is 17.0. The van der Waals surface area contributed by atoms with Crippen LogP contribution in [0.4, 0.5) is 23.1 Å². The summed E-state index contributed by atoms with van der Waals surface area (Å²) in [5, 5.41) is 7.06. The van der Waals surface area contributed by atoms with Gasteiger partial charge in [-0.15, -0.1) is 0 Å². The maximum atomic E-state index is 6.19. The predicted molar refractivity (Wildman–Crippen MR) is 103 cm³/mol. The number of benzene rings is 2. The number of nitrogens with zero attached hydrogens (tertiary/aromatic N) is 2. The van der Waals surface area contributed by atoms with Crippen LogP contribution in [0.5, 0.6) is 5.75 Å². The lowest BCUT2D eigenvalue weighted by Gasteiger charge is -2.13. The van der Waals surface area contributed by atoms with Gasteiger partial charge in [-0.3, -0.25) is 0 Å². The molecule has 0 radical (unpaired) electrons. The highest BCUT2D eigenvalue weighted by atomic mass is 35.5. The van der Waals surface area contributed by atoms with Crippen LogP contribution in [0.3, 0.4) is 0 Å². The molecule has 2 aromatic carbocycles. The minimum atomic E-state index is 0.474. The number of rotatable bonds is 5. The normalized spacial score (nSPS) is 10.4. The standard InChI is InChI=1S/C19H19ClN4O/c1-12-8-9-17(25-3)16(10-12)22-18-11-13(2)21-19(24-18)23-15-7-5-4-6-14(15)20/h4-11H,1-3H3,(H2,21,22,23,24). The lowest BCUT2D eigenvalue weighted by molar-refractivity contribution is 0.416. The highest BCUT2D eigenvalue weighted by molar-refractivity contribution is 6.33. The third-order valence-electron chi connectivity index (χ3n) is 3.59. The predicted octanol–water partition coefficient (Wildman–Crippen LogP) is 5.24. The highest BCUT2D eigenvalue weighted by Gasteiger charge is 2.08. The van der Waals surface area contributed by atoms with Crippen LogP contribution in [0.25, 0.3) is 0 Å². The Morgan fingerprint density at radius 1 is 0.920 bits per heavy atom. The number of hydrogen-bond donors (Lipinski definition) is 2. The van der Waals surface area contributed by atoms with Crippen molar-refractivity contribution in [3.05, 3.63) is 64.8 Å².